The van der Waals surface area contributed by atoms with E-state index in [4.69, 9.17) is 16.3 Å². The van der Waals surface area contributed by atoms with Gasteiger partial charge in [0.25, 0.3) is 5.91 Å². The molecular weight excluding hydrogens is 276 g/mol. The van der Waals surface area contributed by atoms with Gasteiger partial charge in [0.1, 0.15) is 0 Å². The van der Waals surface area contributed by atoms with Gasteiger partial charge in [0.05, 0.1) is 18.2 Å². The average Bonchev–Trinajstić information content (AvgIpc) is 2.40. The zero-order chi connectivity index (χ0) is 15.1. The van der Waals surface area contributed by atoms with Gasteiger partial charge >= 0.3 is 0 Å². The number of carbonyl (C=O) groups excluding carboxylic acids is 1. The molecule has 112 valence electrons. The van der Waals surface area contributed by atoms with E-state index in [1.165, 1.54) is 0 Å². The topological polar surface area (TPSA) is 50.4 Å². The molecule has 1 aromatic carbocycles. The molecule has 1 atom stereocenters. The number of amides is 1. The number of halogens is 1. The number of anilines is 1. The molecule has 0 aliphatic rings. The maximum absolute atomic E-state index is 12.4. The van der Waals surface area contributed by atoms with Crippen molar-refractivity contribution in [3.63, 3.8) is 0 Å². The third-order valence-corrected chi connectivity index (χ3v) is 3.30. The van der Waals surface area contributed by atoms with E-state index in [1.54, 1.807) is 19.2 Å². The zero-order valence-electron chi connectivity index (χ0n) is 12.5. The molecule has 0 aromatic heterocycles. The Morgan fingerprint density at radius 1 is 1.40 bits per heavy atom. The van der Waals surface area contributed by atoms with Crippen molar-refractivity contribution in [2.24, 2.45) is 5.92 Å². The lowest BCUT2D eigenvalue weighted by atomic mass is 10.0. The molecule has 1 rings (SSSR count). The Labute approximate surface area is 125 Å². The molecule has 0 heterocycles. The lowest BCUT2D eigenvalue weighted by Gasteiger charge is -2.22. The maximum atomic E-state index is 12.4. The zero-order valence-corrected chi connectivity index (χ0v) is 13.3. The van der Waals surface area contributed by atoms with Crippen LogP contribution < -0.4 is 10.6 Å². The van der Waals surface area contributed by atoms with Crippen LogP contribution in [0.1, 0.15) is 31.1 Å². The molecule has 0 aliphatic carbocycles. The minimum atomic E-state index is -0.140. The Morgan fingerprint density at radius 3 is 2.65 bits per heavy atom. The van der Waals surface area contributed by atoms with Crippen molar-refractivity contribution >= 4 is 23.2 Å². The molecule has 0 saturated heterocycles. The summed E-state index contributed by atoms with van der Waals surface area (Å²) in [6, 6.07) is 5.24. The summed E-state index contributed by atoms with van der Waals surface area (Å²) in [5.74, 6) is 0.153. The predicted octanol–water partition coefficient (Wildman–Crippen LogP) is 3.17. The maximum Gasteiger partial charge on any atom is 0.253 e. The van der Waals surface area contributed by atoms with Crippen LogP contribution in [0.3, 0.4) is 0 Å². The molecular formula is C15H23ClN2O2. The van der Waals surface area contributed by atoms with E-state index >= 15 is 0 Å². The number of benzene rings is 1. The highest BCUT2D eigenvalue weighted by Gasteiger charge is 2.19. The molecule has 2 N–H and O–H groups in total. The van der Waals surface area contributed by atoms with Crippen molar-refractivity contribution < 1.29 is 9.53 Å². The van der Waals surface area contributed by atoms with Crippen LogP contribution in [0.15, 0.2) is 18.2 Å². The van der Waals surface area contributed by atoms with Gasteiger partial charge in [0.2, 0.25) is 0 Å². The standard InChI is InChI=1S/C15H23ClN2O2/c1-5-17-13-7-6-11(16)8-12(13)15(19)18-14(9-20-4)10(2)3/h6-8,10,14,17H,5,9H2,1-4H3,(H,18,19). The third kappa shape index (κ3) is 4.69. The number of ether oxygens (including phenoxy) is 1. The van der Waals surface area contributed by atoms with Crippen molar-refractivity contribution in [2.75, 3.05) is 25.6 Å². The number of methoxy groups -OCH3 is 1. The molecule has 0 saturated carbocycles. The molecule has 0 spiro atoms. The number of rotatable bonds is 7. The average molecular weight is 299 g/mol. The number of hydrogen-bond acceptors (Lipinski definition) is 3. The van der Waals surface area contributed by atoms with Gasteiger partial charge in [-0.3, -0.25) is 4.79 Å². The fourth-order valence-electron chi connectivity index (χ4n) is 1.88. The summed E-state index contributed by atoms with van der Waals surface area (Å²) in [6.45, 7) is 7.31. The van der Waals surface area contributed by atoms with Gasteiger partial charge in [-0.05, 0) is 31.0 Å². The molecule has 0 radical (unpaired) electrons. The number of carbonyl (C=O) groups is 1. The van der Waals surface area contributed by atoms with Crippen molar-refractivity contribution in [3.8, 4) is 0 Å². The highest BCUT2D eigenvalue weighted by atomic mass is 35.5. The lowest BCUT2D eigenvalue weighted by molar-refractivity contribution is 0.0867. The molecule has 0 aliphatic heterocycles. The first kappa shape index (κ1) is 16.8. The smallest absolute Gasteiger partial charge is 0.253 e. The van der Waals surface area contributed by atoms with Crippen LogP contribution in [-0.4, -0.2) is 32.2 Å². The summed E-state index contributed by atoms with van der Waals surface area (Å²) in [7, 11) is 1.63. The minimum Gasteiger partial charge on any atom is -0.385 e. The molecule has 1 unspecified atom stereocenters. The largest absolute Gasteiger partial charge is 0.385 e. The summed E-state index contributed by atoms with van der Waals surface area (Å²) in [5, 5.41) is 6.71. The monoisotopic (exact) mass is 298 g/mol. The first-order valence-corrected chi connectivity index (χ1v) is 7.20. The highest BCUT2D eigenvalue weighted by molar-refractivity contribution is 6.31. The second-order valence-corrected chi connectivity index (χ2v) is 5.44. The quantitative estimate of drug-likeness (QED) is 0.813. The molecule has 0 bridgehead atoms. The van der Waals surface area contributed by atoms with E-state index in [0.717, 1.165) is 12.2 Å². The van der Waals surface area contributed by atoms with E-state index < -0.39 is 0 Å². The first-order valence-electron chi connectivity index (χ1n) is 6.82. The van der Waals surface area contributed by atoms with Crippen LogP contribution in [0, 0.1) is 5.92 Å². The fourth-order valence-corrected chi connectivity index (χ4v) is 2.05. The Morgan fingerprint density at radius 2 is 2.10 bits per heavy atom. The summed E-state index contributed by atoms with van der Waals surface area (Å²) in [5.41, 5.74) is 1.34. The first-order chi connectivity index (χ1) is 9.49. The molecule has 1 aromatic rings. The van der Waals surface area contributed by atoms with Gasteiger partial charge in [-0.2, -0.15) is 0 Å². The fraction of sp³-hybridized carbons (Fsp3) is 0.533. The van der Waals surface area contributed by atoms with Crippen molar-refractivity contribution in [1.82, 2.24) is 5.32 Å². The van der Waals surface area contributed by atoms with E-state index in [9.17, 15) is 4.79 Å². The lowest BCUT2D eigenvalue weighted by Crippen LogP contribution is -2.41. The van der Waals surface area contributed by atoms with E-state index in [-0.39, 0.29) is 11.9 Å². The van der Waals surface area contributed by atoms with E-state index in [2.05, 4.69) is 10.6 Å². The Hall–Kier alpha value is -1.26. The van der Waals surface area contributed by atoms with Gasteiger partial charge in [-0.25, -0.2) is 0 Å². The normalized spacial score (nSPS) is 12.3. The second-order valence-electron chi connectivity index (χ2n) is 5.00. The summed E-state index contributed by atoms with van der Waals surface area (Å²) in [4.78, 5) is 12.4. The molecule has 20 heavy (non-hydrogen) atoms. The van der Waals surface area contributed by atoms with Gasteiger partial charge in [-0.15, -0.1) is 0 Å². The highest BCUT2D eigenvalue weighted by Crippen LogP contribution is 2.21. The molecule has 4 nitrogen and oxygen atoms in total. The van der Waals surface area contributed by atoms with Crippen molar-refractivity contribution in [2.45, 2.75) is 26.8 Å². The van der Waals surface area contributed by atoms with Crippen LogP contribution >= 0.6 is 11.6 Å². The molecule has 1 amide bonds. The second kappa shape index (κ2) is 8.12. The van der Waals surface area contributed by atoms with E-state index in [1.807, 2.05) is 26.8 Å². The van der Waals surface area contributed by atoms with Crippen molar-refractivity contribution in [3.05, 3.63) is 28.8 Å². The van der Waals surface area contributed by atoms with Gasteiger partial charge in [-0.1, -0.05) is 25.4 Å². The number of hydrogen-bond donors (Lipinski definition) is 2. The van der Waals surface area contributed by atoms with Crippen LogP contribution in [0.4, 0.5) is 5.69 Å². The summed E-state index contributed by atoms with van der Waals surface area (Å²) < 4.78 is 5.15. The van der Waals surface area contributed by atoms with Gasteiger partial charge in [0, 0.05) is 24.4 Å². The Balaban J connectivity index is 2.92. The Kier molecular flexibility index (Phi) is 6.82. The van der Waals surface area contributed by atoms with Crippen LogP contribution in [0.2, 0.25) is 5.02 Å². The SMILES string of the molecule is CCNc1ccc(Cl)cc1C(=O)NC(COC)C(C)C. The third-order valence-electron chi connectivity index (χ3n) is 3.06. The van der Waals surface area contributed by atoms with E-state index in [0.29, 0.717) is 23.1 Å². The molecule has 5 heteroatoms. The van der Waals surface area contributed by atoms with Crippen molar-refractivity contribution in [1.29, 1.82) is 0 Å². The van der Waals surface area contributed by atoms with Crippen LogP contribution in [0.5, 0.6) is 0 Å². The Bertz CT molecular complexity index is 449. The predicted molar refractivity (Wildman–Crippen MR) is 83.6 cm³/mol. The summed E-state index contributed by atoms with van der Waals surface area (Å²) >= 11 is 5.99. The summed E-state index contributed by atoms with van der Waals surface area (Å²) in [6.07, 6.45) is 0. The van der Waals surface area contributed by atoms with Gasteiger partial charge < -0.3 is 15.4 Å². The van der Waals surface area contributed by atoms with Gasteiger partial charge in [0.15, 0.2) is 0 Å². The molecule has 0 fully saturated rings. The van der Waals surface area contributed by atoms with Crippen LogP contribution in [-0.2, 0) is 4.74 Å². The minimum absolute atomic E-state index is 0.0269. The van der Waals surface area contributed by atoms with Crippen LogP contribution in [0.25, 0.3) is 0 Å². The number of nitrogens with one attached hydrogen (secondary N) is 2.